The first-order valence-electron chi connectivity index (χ1n) is 6.25. The normalized spacial score (nSPS) is 21.8. The summed E-state index contributed by atoms with van der Waals surface area (Å²) in [6, 6.07) is 4.60. The van der Waals surface area contributed by atoms with Gasteiger partial charge in [-0.25, -0.2) is 4.98 Å². The van der Waals surface area contributed by atoms with Crippen molar-refractivity contribution < 1.29 is 0 Å². The SMILES string of the molecule is CCN1CCN(c2ncccc2CCl)CC1C. The Balaban J connectivity index is 2.13. The molecule has 1 fully saturated rings. The second kappa shape index (κ2) is 5.69. The lowest BCUT2D eigenvalue weighted by molar-refractivity contribution is 0.199. The predicted octanol–water partition coefficient (Wildman–Crippen LogP) is 2.35. The maximum absolute atomic E-state index is 5.97. The number of piperazine rings is 1. The summed E-state index contributed by atoms with van der Waals surface area (Å²) in [6.07, 6.45) is 1.85. The van der Waals surface area contributed by atoms with Gasteiger partial charge in [0.15, 0.2) is 0 Å². The summed E-state index contributed by atoms with van der Waals surface area (Å²) < 4.78 is 0. The van der Waals surface area contributed by atoms with Crippen LogP contribution in [0.5, 0.6) is 0 Å². The van der Waals surface area contributed by atoms with E-state index in [0.717, 1.165) is 37.6 Å². The molecule has 0 amide bonds. The Kier molecular flexibility index (Phi) is 4.24. The summed E-state index contributed by atoms with van der Waals surface area (Å²) in [5.74, 6) is 1.59. The first-order valence-corrected chi connectivity index (χ1v) is 6.78. The van der Waals surface area contributed by atoms with Crippen LogP contribution in [0.25, 0.3) is 0 Å². The van der Waals surface area contributed by atoms with E-state index in [1.54, 1.807) is 0 Å². The average molecular weight is 254 g/mol. The molecule has 17 heavy (non-hydrogen) atoms. The highest BCUT2D eigenvalue weighted by molar-refractivity contribution is 6.17. The number of likely N-dealkylation sites (N-methyl/N-ethyl adjacent to an activating group) is 1. The highest BCUT2D eigenvalue weighted by atomic mass is 35.5. The van der Waals surface area contributed by atoms with Crippen molar-refractivity contribution in [2.75, 3.05) is 31.1 Å². The van der Waals surface area contributed by atoms with Crippen molar-refractivity contribution in [1.82, 2.24) is 9.88 Å². The van der Waals surface area contributed by atoms with Crippen molar-refractivity contribution in [2.24, 2.45) is 0 Å². The minimum atomic E-state index is 0.533. The zero-order valence-corrected chi connectivity index (χ0v) is 11.3. The van der Waals surface area contributed by atoms with Crippen molar-refractivity contribution >= 4 is 17.4 Å². The second-order valence-electron chi connectivity index (χ2n) is 4.54. The summed E-state index contributed by atoms with van der Waals surface area (Å²) in [7, 11) is 0. The van der Waals surface area contributed by atoms with Gasteiger partial charge in [-0.2, -0.15) is 0 Å². The van der Waals surface area contributed by atoms with Crippen molar-refractivity contribution in [1.29, 1.82) is 0 Å². The minimum Gasteiger partial charge on any atom is -0.354 e. The molecule has 4 heteroatoms. The molecular weight excluding hydrogens is 234 g/mol. The van der Waals surface area contributed by atoms with Crippen LogP contribution in [-0.2, 0) is 5.88 Å². The van der Waals surface area contributed by atoms with Crippen LogP contribution in [0.15, 0.2) is 18.3 Å². The van der Waals surface area contributed by atoms with Crippen LogP contribution in [0.3, 0.4) is 0 Å². The Bertz CT molecular complexity index is 369. The first-order chi connectivity index (χ1) is 8.26. The van der Waals surface area contributed by atoms with E-state index in [1.165, 1.54) is 0 Å². The molecule has 1 aliphatic rings. The van der Waals surface area contributed by atoms with E-state index in [4.69, 9.17) is 11.6 Å². The largest absolute Gasteiger partial charge is 0.354 e. The van der Waals surface area contributed by atoms with E-state index in [0.29, 0.717) is 11.9 Å². The number of hydrogen-bond donors (Lipinski definition) is 0. The molecule has 0 N–H and O–H groups in total. The smallest absolute Gasteiger partial charge is 0.133 e. The molecule has 1 saturated heterocycles. The molecule has 3 nitrogen and oxygen atoms in total. The third-order valence-electron chi connectivity index (χ3n) is 3.48. The lowest BCUT2D eigenvalue weighted by Crippen LogP contribution is -2.52. The number of halogens is 1. The molecule has 0 aliphatic carbocycles. The van der Waals surface area contributed by atoms with Gasteiger partial charge in [0.25, 0.3) is 0 Å². The first kappa shape index (κ1) is 12.7. The zero-order chi connectivity index (χ0) is 12.3. The number of pyridine rings is 1. The fraction of sp³-hybridized carbons (Fsp3) is 0.615. The summed E-state index contributed by atoms with van der Waals surface area (Å²) in [5, 5.41) is 0. The van der Waals surface area contributed by atoms with Gasteiger partial charge < -0.3 is 4.90 Å². The monoisotopic (exact) mass is 253 g/mol. The van der Waals surface area contributed by atoms with Crippen LogP contribution in [-0.4, -0.2) is 42.1 Å². The Hall–Kier alpha value is -0.800. The zero-order valence-electron chi connectivity index (χ0n) is 10.6. The minimum absolute atomic E-state index is 0.533. The van der Waals surface area contributed by atoms with Gasteiger partial charge in [-0.05, 0) is 19.5 Å². The van der Waals surface area contributed by atoms with Gasteiger partial charge in [0.05, 0.1) is 5.88 Å². The Morgan fingerprint density at radius 2 is 2.29 bits per heavy atom. The second-order valence-corrected chi connectivity index (χ2v) is 4.81. The van der Waals surface area contributed by atoms with Gasteiger partial charge >= 0.3 is 0 Å². The highest BCUT2D eigenvalue weighted by Gasteiger charge is 2.24. The highest BCUT2D eigenvalue weighted by Crippen LogP contribution is 2.22. The molecule has 0 radical (unpaired) electrons. The summed E-state index contributed by atoms with van der Waals surface area (Å²) >= 11 is 5.97. The maximum Gasteiger partial charge on any atom is 0.133 e. The fourth-order valence-electron chi connectivity index (χ4n) is 2.48. The molecule has 0 saturated carbocycles. The molecule has 1 aromatic rings. The Morgan fingerprint density at radius 3 is 2.94 bits per heavy atom. The lowest BCUT2D eigenvalue weighted by atomic mass is 10.1. The van der Waals surface area contributed by atoms with Gasteiger partial charge in [0, 0.05) is 37.4 Å². The molecule has 1 unspecified atom stereocenters. The summed E-state index contributed by atoms with van der Waals surface area (Å²) in [4.78, 5) is 9.34. The topological polar surface area (TPSA) is 19.4 Å². The molecule has 94 valence electrons. The summed E-state index contributed by atoms with van der Waals surface area (Å²) in [5.41, 5.74) is 1.13. The van der Waals surface area contributed by atoms with Crippen LogP contribution in [0.4, 0.5) is 5.82 Å². The van der Waals surface area contributed by atoms with E-state index in [1.807, 2.05) is 12.3 Å². The fourth-order valence-corrected chi connectivity index (χ4v) is 2.69. The molecule has 1 atom stereocenters. The van der Waals surface area contributed by atoms with Crippen LogP contribution in [0, 0.1) is 0 Å². The van der Waals surface area contributed by atoms with E-state index < -0.39 is 0 Å². The molecule has 1 aromatic heterocycles. The van der Waals surface area contributed by atoms with E-state index in [2.05, 4.69) is 34.7 Å². The van der Waals surface area contributed by atoms with Crippen molar-refractivity contribution in [3.05, 3.63) is 23.9 Å². The van der Waals surface area contributed by atoms with Crippen molar-refractivity contribution in [3.8, 4) is 0 Å². The van der Waals surface area contributed by atoms with Crippen LogP contribution < -0.4 is 4.90 Å². The molecule has 0 spiro atoms. The van der Waals surface area contributed by atoms with Gasteiger partial charge in [0.1, 0.15) is 5.82 Å². The van der Waals surface area contributed by atoms with Gasteiger partial charge in [-0.15, -0.1) is 11.6 Å². The maximum atomic E-state index is 5.97. The van der Waals surface area contributed by atoms with Crippen molar-refractivity contribution in [3.63, 3.8) is 0 Å². The van der Waals surface area contributed by atoms with Gasteiger partial charge in [-0.1, -0.05) is 13.0 Å². The predicted molar refractivity (Wildman–Crippen MR) is 72.7 cm³/mol. The van der Waals surface area contributed by atoms with Crippen molar-refractivity contribution in [2.45, 2.75) is 25.8 Å². The molecule has 2 rings (SSSR count). The quantitative estimate of drug-likeness (QED) is 0.771. The van der Waals surface area contributed by atoms with Crippen LogP contribution >= 0.6 is 11.6 Å². The molecule has 2 heterocycles. The molecular formula is C13H20ClN3. The summed E-state index contributed by atoms with van der Waals surface area (Å²) in [6.45, 7) is 8.81. The number of aromatic nitrogens is 1. The lowest BCUT2D eigenvalue weighted by Gasteiger charge is -2.40. The van der Waals surface area contributed by atoms with Crippen LogP contribution in [0.1, 0.15) is 19.4 Å². The Labute approximate surface area is 108 Å². The molecule has 0 bridgehead atoms. The van der Waals surface area contributed by atoms with Crippen LogP contribution in [0.2, 0.25) is 0 Å². The van der Waals surface area contributed by atoms with E-state index in [9.17, 15) is 0 Å². The number of rotatable bonds is 3. The van der Waals surface area contributed by atoms with E-state index in [-0.39, 0.29) is 0 Å². The molecule has 0 aromatic carbocycles. The number of hydrogen-bond acceptors (Lipinski definition) is 3. The number of anilines is 1. The third kappa shape index (κ3) is 2.72. The number of alkyl halides is 1. The van der Waals surface area contributed by atoms with E-state index >= 15 is 0 Å². The van der Waals surface area contributed by atoms with Gasteiger partial charge in [0.2, 0.25) is 0 Å². The average Bonchev–Trinajstić information content (AvgIpc) is 2.38. The molecule has 1 aliphatic heterocycles. The van der Waals surface area contributed by atoms with Gasteiger partial charge in [-0.3, -0.25) is 4.90 Å². The Morgan fingerprint density at radius 1 is 1.47 bits per heavy atom. The number of nitrogens with zero attached hydrogens (tertiary/aromatic N) is 3. The third-order valence-corrected chi connectivity index (χ3v) is 3.77. The standard InChI is InChI=1S/C13H20ClN3/c1-3-16-7-8-17(10-11(16)2)13-12(9-14)5-4-6-15-13/h4-6,11H,3,7-10H2,1-2H3.